The molecule has 7 nitrogen and oxygen atoms in total. The number of nitrogens with zero attached hydrogens (tertiary/aromatic N) is 2. The molecule has 0 radical (unpaired) electrons. The Morgan fingerprint density at radius 2 is 1.63 bits per heavy atom. The van der Waals surface area contributed by atoms with E-state index in [9.17, 15) is 22.4 Å². The second-order valence-corrected chi connectivity index (χ2v) is 11.1. The summed E-state index contributed by atoms with van der Waals surface area (Å²) in [7, 11) is -4.12. The monoisotopic (exact) mass is 539 g/mol. The molecule has 202 valence electrons. The Hall–Kier alpha value is -3.72. The van der Waals surface area contributed by atoms with Crippen LogP contribution in [0.2, 0.25) is 0 Å². The zero-order valence-electron chi connectivity index (χ0n) is 22.1. The number of hydrogen-bond acceptors (Lipinski definition) is 4. The molecule has 0 aliphatic rings. The lowest BCUT2D eigenvalue weighted by Crippen LogP contribution is -2.51. The van der Waals surface area contributed by atoms with Gasteiger partial charge < -0.3 is 10.2 Å². The first-order valence-corrected chi connectivity index (χ1v) is 13.9. The van der Waals surface area contributed by atoms with Crippen molar-refractivity contribution in [2.75, 3.05) is 17.4 Å². The Morgan fingerprint density at radius 1 is 0.974 bits per heavy atom. The van der Waals surface area contributed by atoms with Crippen molar-refractivity contribution in [3.8, 4) is 0 Å². The Labute approximate surface area is 224 Å². The van der Waals surface area contributed by atoms with Crippen molar-refractivity contribution < 1.29 is 22.4 Å². The molecular weight excluding hydrogens is 505 g/mol. The van der Waals surface area contributed by atoms with Gasteiger partial charge in [0.05, 0.1) is 10.6 Å². The van der Waals surface area contributed by atoms with E-state index in [2.05, 4.69) is 5.32 Å². The van der Waals surface area contributed by atoms with Crippen LogP contribution in [-0.2, 0) is 26.2 Å². The highest BCUT2D eigenvalue weighted by atomic mass is 32.2. The highest BCUT2D eigenvalue weighted by molar-refractivity contribution is 7.92. The number of nitrogens with one attached hydrogen (secondary N) is 1. The van der Waals surface area contributed by atoms with Crippen LogP contribution in [0.4, 0.5) is 10.1 Å². The molecule has 0 saturated heterocycles. The molecule has 0 spiro atoms. The van der Waals surface area contributed by atoms with E-state index in [-0.39, 0.29) is 17.3 Å². The maximum atomic E-state index is 13.9. The van der Waals surface area contributed by atoms with Gasteiger partial charge in [-0.25, -0.2) is 12.8 Å². The summed E-state index contributed by atoms with van der Waals surface area (Å²) in [6.45, 7) is 7.07. The molecule has 3 aromatic rings. The Balaban J connectivity index is 2.04. The number of aryl methyl sites for hydroxylation is 2. The summed E-state index contributed by atoms with van der Waals surface area (Å²) in [5.41, 5.74) is 2.51. The summed E-state index contributed by atoms with van der Waals surface area (Å²) in [6, 6.07) is 18.1. The third-order valence-corrected chi connectivity index (χ3v) is 8.00. The number of benzene rings is 3. The zero-order valence-corrected chi connectivity index (χ0v) is 23.0. The Morgan fingerprint density at radius 3 is 2.26 bits per heavy atom. The second kappa shape index (κ2) is 12.7. The van der Waals surface area contributed by atoms with Crippen LogP contribution in [0.15, 0.2) is 77.7 Å². The lowest BCUT2D eigenvalue weighted by Gasteiger charge is -2.32. The van der Waals surface area contributed by atoms with Gasteiger partial charge in [-0.2, -0.15) is 0 Å². The summed E-state index contributed by atoms with van der Waals surface area (Å²) in [6.07, 6.45) is 0.722. The largest absolute Gasteiger partial charge is 0.354 e. The fraction of sp³-hybridized carbons (Fsp3) is 0.310. The maximum absolute atomic E-state index is 13.9. The summed E-state index contributed by atoms with van der Waals surface area (Å²) in [4.78, 5) is 28.1. The molecule has 3 aromatic carbocycles. The van der Waals surface area contributed by atoms with Gasteiger partial charge in [-0.05, 0) is 74.2 Å². The molecule has 0 aromatic heterocycles. The van der Waals surface area contributed by atoms with Crippen LogP contribution in [0.3, 0.4) is 0 Å². The van der Waals surface area contributed by atoms with Gasteiger partial charge in [-0.3, -0.25) is 13.9 Å². The number of rotatable bonds is 11. The highest BCUT2D eigenvalue weighted by Gasteiger charge is 2.33. The van der Waals surface area contributed by atoms with Crippen LogP contribution >= 0.6 is 0 Å². The molecule has 0 saturated carbocycles. The fourth-order valence-electron chi connectivity index (χ4n) is 3.99. The van der Waals surface area contributed by atoms with Crippen LogP contribution in [0.1, 0.15) is 37.0 Å². The van der Waals surface area contributed by atoms with E-state index < -0.39 is 34.3 Å². The van der Waals surface area contributed by atoms with Gasteiger partial charge in [0.25, 0.3) is 10.0 Å². The van der Waals surface area contributed by atoms with E-state index >= 15 is 0 Å². The van der Waals surface area contributed by atoms with Crippen molar-refractivity contribution in [2.45, 2.75) is 51.6 Å². The van der Waals surface area contributed by atoms with Gasteiger partial charge in [0, 0.05) is 13.1 Å². The van der Waals surface area contributed by atoms with Crippen molar-refractivity contribution in [1.29, 1.82) is 0 Å². The molecule has 0 bridgehead atoms. The molecule has 0 aliphatic carbocycles. The number of carbonyl (C=O) groups is 2. The minimum Gasteiger partial charge on any atom is -0.354 e. The van der Waals surface area contributed by atoms with Crippen LogP contribution in [-0.4, -0.2) is 44.3 Å². The van der Waals surface area contributed by atoms with Gasteiger partial charge in [0.2, 0.25) is 11.8 Å². The fourth-order valence-corrected chi connectivity index (χ4v) is 5.48. The minimum atomic E-state index is -4.12. The zero-order chi connectivity index (χ0) is 27.9. The first-order chi connectivity index (χ1) is 18.0. The topological polar surface area (TPSA) is 86.8 Å². The van der Waals surface area contributed by atoms with Crippen molar-refractivity contribution in [2.24, 2.45) is 0 Å². The third kappa shape index (κ3) is 6.98. The molecule has 38 heavy (non-hydrogen) atoms. The number of amides is 2. The summed E-state index contributed by atoms with van der Waals surface area (Å²) < 4.78 is 42.3. The first-order valence-electron chi connectivity index (χ1n) is 12.5. The van der Waals surface area contributed by atoms with Crippen molar-refractivity contribution in [3.63, 3.8) is 0 Å². The minimum absolute atomic E-state index is 0.00580. The molecule has 2 amide bonds. The maximum Gasteiger partial charge on any atom is 0.264 e. The van der Waals surface area contributed by atoms with E-state index in [0.717, 1.165) is 16.3 Å². The van der Waals surface area contributed by atoms with E-state index in [4.69, 9.17) is 0 Å². The summed E-state index contributed by atoms with van der Waals surface area (Å²) >= 11 is 0. The van der Waals surface area contributed by atoms with Gasteiger partial charge >= 0.3 is 0 Å². The Bertz CT molecular complexity index is 1360. The first kappa shape index (κ1) is 28.8. The third-order valence-electron chi connectivity index (χ3n) is 6.23. The van der Waals surface area contributed by atoms with Crippen LogP contribution in [0.25, 0.3) is 0 Å². The number of carbonyl (C=O) groups excluding carboxylic acids is 2. The summed E-state index contributed by atoms with van der Waals surface area (Å²) in [5.74, 6) is -1.34. The number of hydrogen-bond donors (Lipinski definition) is 1. The van der Waals surface area contributed by atoms with Crippen LogP contribution < -0.4 is 9.62 Å². The number of sulfonamides is 1. The van der Waals surface area contributed by atoms with Crippen LogP contribution in [0.5, 0.6) is 0 Å². The summed E-state index contributed by atoms with van der Waals surface area (Å²) in [5, 5.41) is 2.80. The second-order valence-electron chi connectivity index (χ2n) is 9.23. The number of anilines is 1. The molecule has 9 heteroatoms. The lowest BCUT2D eigenvalue weighted by atomic mass is 10.1. The lowest BCUT2D eigenvalue weighted by molar-refractivity contribution is -0.139. The molecule has 1 N–H and O–H groups in total. The molecule has 1 unspecified atom stereocenters. The standard InChI is InChI=1S/C29H34FN3O4S/c1-5-17-31-29(35)23(4)32(19-24-13-15-25(30)16-14-24)28(34)20-33(27-18-21(2)11-12-22(27)3)38(36,37)26-9-7-6-8-10-26/h6-16,18,23H,5,17,19-20H2,1-4H3,(H,31,35). The quantitative estimate of drug-likeness (QED) is 0.387. The molecule has 0 fully saturated rings. The molecular formula is C29H34FN3O4S. The van der Waals surface area contributed by atoms with Crippen molar-refractivity contribution >= 4 is 27.5 Å². The van der Waals surface area contributed by atoms with Crippen LogP contribution in [0, 0.1) is 19.7 Å². The van der Waals surface area contributed by atoms with Gasteiger partial charge in [0.15, 0.2) is 0 Å². The predicted molar refractivity (Wildman–Crippen MR) is 147 cm³/mol. The van der Waals surface area contributed by atoms with E-state index in [1.54, 1.807) is 44.2 Å². The average molecular weight is 540 g/mol. The molecule has 3 rings (SSSR count). The smallest absolute Gasteiger partial charge is 0.264 e. The van der Waals surface area contributed by atoms with Gasteiger partial charge in [-0.1, -0.05) is 49.4 Å². The normalized spacial score (nSPS) is 12.0. The van der Waals surface area contributed by atoms with Crippen molar-refractivity contribution in [3.05, 3.63) is 95.3 Å². The SMILES string of the molecule is CCCNC(=O)C(C)N(Cc1ccc(F)cc1)C(=O)CN(c1cc(C)ccc1C)S(=O)(=O)c1ccccc1. The average Bonchev–Trinajstić information content (AvgIpc) is 2.91. The van der Waals surface area contributed by atoms with E-state index in [0.29, 0.717) is 23.4 Å². The van der Waals surface area contributed by atoms with Gasteiger partial charge in [-0.15, -0.1) is 0 Å². The molecule has 0 heterocycles. The number of halogens is 1. The molecule has 1 atom stereocenters. The van der Waals surface area contributed by atoms with E-state index in [1.165, 1.54) is 41.3 Å². The predicted octanol–water partition coefficient (Wildman–Crippen LogP) is 4.58. The van der Waals surface area contributed by atoms with Gasteiger partial charge in [0.1, 0.15) is 18.4 Å². The molecule has 0 aliphatic heterocycles. The Kier molecular flexibility index (Phi) is 9.63. The van der Waals surface area contributed by atoms with Crippen molar-refractivity contribution in [1.82, 2.24) is 10.2 Å². The van der Waals surface area contributed by atoms with E-state index in [1.807, 2.05) is 19.9 Å². The highest BCUT2D eigenvalue weighted by Crippen LogP contribution is 2.28.